The molecule has 0 aliphatic heterocycles. The Kier molecular flexibility index (Phi) is 3.94. The maximum Gasteiger partial charge on any atom is 0.283 e. The van der Waals surface area contributed by atoms with Crippen LogP contribution in [0.2, 0.25) is 5.02 Å². The summed E-state index contributed by atoms with van der Waals surface area (Å²) < 4.78 is 26.9. The molecule has 23 heavy (non-hydrogen) atoms. The molecule has 120 valence electrons. The van der Waals surface area contributed by atoms with E-state index in [1.807, 2.05) is 20.8 Å². The number of hydrogen-bond acceptors (Lipinski definition) is 3. The summed E-state index contributed by atoms with van der Waals surface area (Å²) in [6.45, 7) is 5.78. The fourth-order valence-corrected chi connectivity index (χ4v) is 4.23. The zero-order valence-corrected chi connectivity index (χ0v) is 14.7. The van der Waals surface area contributed by atoms with Crippen LogP contribution in [-0.4, -0.2) is 17.6 Å². The van der Waals surface area contributed by atoms with E-state index in [2.05, 4.69) is 5.10 Å². The number of fused-ring (bicyclic) bond motifs is 1. The SMILES string of the molecule is CCc1c(Cl)c(C)cc2c1cnn2S(=O)(=O)c1ccc(C)cc1. The quantitative estimate of drug-likeness (QED) is 0.715. The number of halogens is 1. The van der Waals surface area contributed by atoms with Gasteiger partial charge in [-0.25, -0.2) is 0 Å². The van der Waals surface area contributed by atoms with Gasteiger partial charge < -0.3 is 0 Å². The molecule has 3 rings (SSSR count). The Hall–Kier alpha value is -1.85. The molecule has 0 saturated carbocycles. The Morgan fingerprint density at radius 1 is 1.17 bits per heavy atom. The smallest absolute Gasteiger partial charge is 0.199 e. The summed E-state index contributed by atoms with van der Waals surface area (Å²) in [4.78, 5) is 0.221. The number of nitrogens with zero attached hydrogens (tertiary/aromatic N) is 2. The van der Waals surface area contributed by atoms with Crippen molar-refractivity contribution in [1.82, 2.24) is 9.19 Å². The number of aromatic nitrogens is 2. The molecule has 0 aliphatic carbocycles. The van der Waals surface area contributed by atoms with Gasteiger partial charge in [-0.1, -0.05) is 36.2 Å². The second-order valence-corrected chi connectivity index (χ2v) is 7.72. The molecule has 0 radical (unpaired) electrons. The molecule has 1 heterocycles. The Morgan fingerprint density at radius 3 is 2.43 bits per heavy atom. The standard InChI is InChI=1S/C17H17ClN2O2S/c1-4-14-15-10-19-20(16(15)9-12(3)17(14)18)23(21,22)13-7-5-11(2)6-8-13/h5-10H,4H2,1-3H3. The van der Waals surface area contributed by atoms with Crippen LogP contribution in [0.5, 0.6) is 0 Å². The van der Waals surface area contributed by atoms with Gasteiger partial charge in [-0.2, -0.15) is 17.6 Å². The van der Waals surface area contributed by atoms with Gasteiger partial charge in [-0.3, -0.25) is 0 Å². The van der Waals surface area contributed by atoms with E-state index in [9.17, 15) is 8.42 Å². The van der Waals surface area contributed by atoms with Crippen molar-refractivity contribution in [2.24, 2.45) is 0 Å². The fourth-order valence-electron chi connectivity index (χ4n) is 2.68. The van der Waals surface area contributed by atoms with Gasteiger partial charge in [0, 0.05) is 10.4 Å². The van der Waals surface area contributed by atoms with Crippen molar-refractivity contribution in [3.05, 3.63) is 58.2 Å². The second-order valence-electron chi connectivity index (χ2n) is 5.58. The highest BCUT2D eigenvalue weighted by molar-refractivity contribution is 7.90. The monoisotopic (exact) mass is 348 g/mol. The van der Waals surface area contributed by atoms with E-state index in [0.717, 1.165) is 26.2 Å². The predicted octanol–water partition coefficient (Wildman–Crippen LogP) is 4.11. The van der Waals surface area contributed by atoms with Crippen LogP contribution in [0, 0.1) is 13.8 Å². The third-order valence-electron chi connectivity index (χ3n) is 3.96. The summed E-state index contributed by atoms with van der Waals surface area (Å²) in [5.74, 6) is 0. The van der Waals surface area contributed by atoms with Crippen molar-refractivity contribution in [2.45, 2.75) is 32.1 Å². The molecule has 4 nitrogen and oxygen atoms in total. The molecular formula is C17H17ClN2O2S. The molecule has 2 aromatic carbocycles. The Balaban J connectivity index is 2.29. The first-order valence-corrected chi connectivity index (χ1v) is 9.16. The average molecular weight is 349 g/mol. The second kappa shape index (κ2) is 5.65. The molecule has 0 spiro atoms. The first-order chi connectivity index (χ1) is 10.9. The largest absolute Gasteiger partial charge is 0.283 e. The van der Waals surface area contributed by atoms with E-state index in [4.69, 9.17) is 11.6 Å². The molecule has 0 saturated heterocycles. The van der Waals surface area contributed by atoms with Gasteiger partial charge in [0.2, 0.25) is 0 Å². The lowest BCUT2D eigenvalue weighted by molar-refractivity contribution is 0.582. The third-order valence-corrected chi connectivity index (χ3v) is 6.10. The lowest BCUT2D eigenvalue weighted by Gasteiger charge is -2.10. The number of hydrogen-bond donors (Lipinski definition) is 0. The van der Waals surface area contributed by atoms with E-state index in [1.54, 1.807) is 36.5 Å². The van der Waals surface area contributed by atoms with Crippen molar-refractivity contribution in [2.75, 3.05) is 0 Å². The van der Waals surface area contributed by atoms with Crippen LogP contribution in [0.4, 0.5) is 0 Å². The molecule has 6 heteroatoms. The molecule has 3 aromatic rings. The first kappa shape index (κ1) is 16.0. The first-order valence-electron chi connectivity index (χ1n) is 7.34. The normalized spacial score (nSPS) is 12.0. The van der Waals surface area contributed by atoms with Gasteiger partial charge in [-0.15, -0.1) is 0 Å². The van der Waals surface area contributed by atoms with E-state index in [-0.39, 0.29) is 4.90 Å². The molecule has 0 amide bonds. The molecule has 0 unspecified atom stereocenters. The summed E-state index contributed by atoms with van der Waals surface area (Å²) in [5, 5.41) is 5.58. The van der Waals surface area contributed by atoms with E-state index in [0.29, 0.717) is 17.0 Å². The zero-order chi connectivity index (χ0) is 16.8. The minimum atomic E-state index is -3.73. The highest BCUT2D eigenvalue weighted by atomic mass is 35.5. The van der Waals surface area contributed by atoms with Crippen molar-refractivity contribution in [3.8, 4) is 0 Å². The number of benzene rings is 2. The van der Waals surface area contributed by atoms with Crippen molar-refractivity contribution in [3.63, 3.8) is 0 Å². The Bertz CT molecular complexity index is 990. The summed E-state index contributed by atoms with van der Waals surface area (Å²) in [6.07, 6.45) is 2.29. The highest BCUT2D eigenvalue weighted by Crippen LogP contribution is 2.31. The molecule has 0 bridgehead atoms. The Labute approximate surface area is 140 Å². The molecule has 0 aliphatic rings. The van der Waals surface area contributed by atoms with Crippen molar-refractivity contribution in [1.29, 1.82) is 0 Å². The van der Waals surface area contributed by atoms with Crippen LogP contribution in [-0.2, 0) is 16.4 Å². The van der Waals surface area contributed by atoms with Gasteiger partial charge in [0.1, 0.15) is 0 Å². The van der Waals surface area contributed by atoms with Crippen LogP contribution in [0.25, 0.3) is 10.9 Å². The third kappa shape index (κ3) is 2.54. The molecule has 1 aromatic heterocycles. The maximum atomic E-state index is 12.9. The van der Waals surface area contributed by atoms with Gasteiger partial charge in [0.15, 0.2) is 0 Å². The van der Waals surface area contributed by atoms with Gasteiger partial charge in [0.05, 0.1) is 16.6 Å². The lowest BCUT2D eigenvalue weighted by Crippen LogP contribution is -2.14. The van der Waals surface area contributed by atoms with Crippen LogP contribution in [0.1, 0.15) is 23.6 Å². The summed E-state index contributed by atoms with van der Waals surface area (Å²) >= 11 is 6.34. The van der Waals surface area contributed by atoms with Crippen LogP contribution in [0.3, 0.4) is 0 Å². The van der Waals surface area contributed by atoms with Gasteiger partial charge in [0.25, 0.3) is 10.0 Å². The van der Waals surface area contributed by atoms with Crippen molar-refractivity contribution >= 4 is 32.5 Å². The predicted molar refractivity (Wildman–Crippen MR) is 92.6 cm³/mol. The van der Waals surface area contributed by atoms with Crippen LogP contribution in [0.15, 0.2) is 41.4 Å². The molecular weight excluding hydrogens is 332 g/mol. The topological polar surface area (TPSA) is 52.0 Å². The fraction of sp³-hybridized carbons (Fsp3) is 0.235. The molecule has 0 fully saturated rings. The number of rotatable bonds is 3. The lowest BCUT2D eigenvalue weighted by atomic mass is 10.0. The summed E-state index contributed by atoms with van der Waals surface area (Å²) in [5.41, 5.74) is 3.33. The zero-order valence-electron chi connectivity index (χ0n) is 13.2. The Morgan fingerprint density at radius 2 is 1.83 bits per heavy atom. The molecule has 0 atom stereocenters. The minimum Gasteiger partial charge on any atom is -0.199 e. The molecule has 0 N–H and O–H groups in total. The van der Waals surface area contributed by atoms with Crippen LogP contribution >= 0.6 is 11.6 Å². The van der Waals surface area contributed by atoms with Crippen molar-refractivity contribution < 1.29 is 8.42 Å². The van der Waals surface area contributed by atoms with E-state index < -0.39 is 10.0 Å². The highest BCUT2D eigenvalue weighted by Gasteiger charge is 2.22. The average Bonchev–Trinajstić information content (AvgIpc) is 2.93. The maximum absolute atomic E-state index is 12.9. The number of aryl methyl sites for hydroxylation is 3. The van der Waals surface area contributed by atoms with E-state index >= 15 is 0 Å². The summed E-state index contributed by atoms with van der Waals surface area (Å²) in [6, 6.07) is 8.52. The summed E-state index contributed by atoms with van der Waals surface area (Å²) in [7, 11) is -3.73. The van der Waals surface area contributed by atoms with Gasteiger partial charge in [-0.05, 0) is 49.6 Å². The van der Waals surface area contributed by atoms with Gasteiger partial charge >= 0.3 is 0 Å². The van der Waals surface area contributed by atoms with E-state index in [1.165, 1.54) is 0 Å². The minimum absolute atomic E-state index is 0.221. The van der Waals surface area contributed by atoms with Crippen LogP contribution < -0.4 is 0 Å².